The number of nitrogens with one attached hydrogen (secondary N) is 1. The molecule has 0 spiro atoms. The predicted octanol–water partition coefficient (Wildman–Crippen LogP) is 4.04. The van der Waals surface area contributed by atoms with Gasteiger partial charge in [-0.1, -0.05) is 23.7 Å². The smallest absolute Gasteiger partial charge is 0.416 e. The standard InChI is InChI=1S/C18H15ClF3NO4/c1-10(27-17(26)12-4-2-11(9-24)3-5-12)16(25)23-15-8-13(18(20,21)22)6-7-14(15)19/h2-8,10,24H,9H2,1H3,(H,23,25)/t10-/m0/s1. The summed E-state index contributed by atoms with van der Waals surface area (Å²) in [5.74, 6) is -1.63. The van der Waals surface area contributed by atoms with E-state index < -0.39 is 29.7 Å². The molecule has 2 N–H and O–H groups in total. The molecule has 27 heavy (non-hydrogen) atoms. The van der Waals surface area contributed by atoms with Crippen LogP contribution in [0, 0.1) is 0 Å². The first-order chi connectivity index (χ1) is 12.6. The highest BCUT2D eigenvalue weighted by atomic mass is 35.5. The Kier molecular flexibility index (Phi) is 6.45. The van der Waals surface area contributed by atoms with Crippen molar-refractivity contribution in [1.82, 2.24) is 0 Å². The number of carbonyl (C=O) groups is 2. The van der Waals surface area contributed by atoms with Gasteiger partial charge in [-0.25, -0.2) is 4.79 Å². The van der Waals surface area contributed by atoms with Gasteiger partial charge in [-0.05, 0) is 42.8 Å². The Morgan fingerprint density at radius 2 is 1.81 bits per heavy atom. The van der Waals surface area contributed by atoms with Crippen molar-refractivity contribution in [2.45, 2.75) is 25.8 Å². The quantitative estimate of drug-likeness (QED) is 0.741. The highest BCUT2D eigenvalue weighted by Crippen LogP contribution is 2.33. The van der Waals surface area contributed by atoms with E-state index in [1.54, 1.807) is 0 Å². The maximum Gasteiger partial charge on any atom is 0.416 e. The SMILES string of the molecule is C[C@H](OC(=O)c1ccc(CO)cc1)C(=O)Nc1cc(C(F)(F)F)ccc1Cl. The highest BCUT2D eigenvalue weighted by Gasteiger charge is 2.31. The number of amides is 1. The third kappa shape index (κ3) is 5.45. The van der Waals surface area contributed by atoms with Gasteiger partial charge in [0.25, 0.3) is 5.91 Å². The van der Waals surface area contributed by atoms with Gasteiger partial charge >= 0.3 is 12.1 Å². The van der Waals surface area contributed by atoms with Crippen molar-refractivity contribution in [3.05, 3.63) is 64.2 Å². The number of anilines is 1. The second kappa shape index (κ2) is 8.41. The molecule has 0 aliphatic rings. The molecular weight excluding hydrogens is 387 g/mol. The lowest BCUT2D eigenvalue weighted by Crippen LogP contribution is -2.30. The Hall–Kier alpha value is -2.58. The van der Waals surface area contributed by atoms with E-state index in [0.717, 1.165) is 12.1 Å². The van der Waals surface area contributed by atoms with Crippen LogP contribution in [0.3, 0.4) is 0 Å². The van der Waals surface area contributed by atoms with Crippen LogP contribution < -0.4 is 5.32 Å². The minimum absolute atomic E-state index is 0.0885. The number of benzene rings is 2. The largest absolute Gasteiger partial charge is 0.449 e. The monoisotopic (exact) mass is 401 g/mol. The molecule has 0 bridgehead atoms. The summed E-state index contributed by atoms with van der Waals surface area (Å²) >= 11 is 5.81. The summed E-state index contributed by atoms with van der Waals surface area (Å²) in [6, 6.07) is 8.37. The number of halogens is 4. The fraction of sp³-hybridized carbons (Fsp3) is 0.222. The molecule has 9 heteroatoms. The Morgan fingerprint density at radius 3 is 2.37 bits per heavy atom. The molecule has 144 valence electrons. The lowest BCUT2D eigenvalue weighted by Gasteiger charge is -2.15. The molecule has 2 aromatic rings. The Labute approximate surface area is 157 Å². The molecule has 0 aliphatic heterocycles. The van der Waals surface area contributed by atoms with E-state index in [1.165, 1.54) is 31.2 Å². The Morgan fingerprint density at radius 1 is 1.19 bits per heavy atom. The summed E-state index contributed by atoms with van der Waals surface area (Å²) in [5, 5.41) is 11.1. The zero-order valence-corrected chi connectivity index (χ0v) is 14.8. The number of aliphatic hydroxyl groups is 1. The van der Waals surface area contributed by atoms with Crippen molar-refractivity contribution in [1.29, 1.82) is 0 Å². The van der Waals surface area contributed by atoms with Crippen LogP contribution in [-0.2, 0) is 22.3 Å². The summed E-state index contributed by atoms with van der Waals surface area (Å²) < 4.78 is 43.3. The van der Waals surface area contributed by atoms with Gasteiger partial charge in [-0.2, -0.15) is 13.2 Å². The van der Waals surface area contributed by atoms with E-state index in [4.69, 9.17) is 21.4 Å². The Balaban J connectivity index is 2.06. The molecule has 0 aliphatic carbocycles. The van der Waals surface area contributed by atoms with E-state index in [-0.39, 0.29) is 22.9 Å². The summed E-state index contributed by atoms with van der Waals surface area (Å²) in [4.78, 5) is 24.2. The van der Waals surface area contributed by atoms with Gasteiger partial charge in [0.1, 0.15) is 0 Å². The molecule has 0 heterocycles. The van der Waals surface area contributed by atoms with Gasteiger partial charge in [0, 0.05) is 0 Å². The van der Waals surface area contributed by atoms with Gasteiger partial charge in [-0.3, -0.25) is 4.79 Å². The topological polar surface area (TPSA) is 75.6 Å². The van der Waals surface area contributed by atoms with Crippen LogP contribution in [0.2, 0.25) is 5.02 Å². The number of aliphatic hydroxyl groups excluding tert-OH is 1. The maximum atomic E-state index is 12.8. The zero-order chi connectivity index (χ0) is 20.2. The van der Waals surface area contributed by atoms with E-state index in [1.807, 2.05) is 0 Å². The van der Waals surface area contributed by atoms with Crippen LogP contribution in [0.25, 0.3) is 0 Å². The first-order valence-electron chi connectivity index (χ1n) is 7.70. The lowest BCUT2D eigenvalue weighted by atomic mass is 10.1. The third-order valence-electron chi connectivity index (χ3n) is 3.58. The van der Waals surface area contributed by atoms with Crippen molar-refractivity contribution in [3.63, 3.8) is 0 Å². The van der Waals surface area contributed by atoms with E-state index in [9.17, 15) is 22.8 Å². The summed E-state index contributed by atoms with van der Waals surface area (Å²) in [6.07, 6.45) is -5.87. The van der Waals surface area contributed by atoms with E-state index >= 15 is 0 Å². The van der Waals surface area contributed by atoms with Gasteiger partial charge in [0.2, 0.25) is 0 Å². The average Bonchev–Trinajstić information content (AvgIpc) is 2.62. The molecule has 0 saturated carbocycles. The van der Waals surface area contributed by atoms with Crippen molar-refractivity contribution >= 4 is 29.2 Å². The number of rotatable bonds is 5. The summed E-state index contributed by atoms with van der Waals surface area (Å²) in [6.45, 7) is 1.09. The normalized spacial score (nSPS) is 12.4. The van der Waals surface area contributed by atoms with Crippen molar-refractivity contribution in [2.24, 2.45) is 0 Å². The maximum absolute atomic E-state index is 12.8. The third-order valence-corrected chi connectivity index (χ3v) is 3.91. The molecule has 0 unspecified atom stereocenters. The van der Waals surface area contributed by atoms with Gasteiger partial charge in [-0.15, -0.1) is 0 Å². The molecular formula is C18H15ClF3NO4. The first-order valence-corrected chi connectivity index (χ1v) is 8.08. The van der Waals surface area contributed by atoms with Gasteiger partial charge in [0.15, 0.2) is 6.10 Å². The molecule has 1 amide bonds. The Bertz CT molecular complexity index is 837. The summed E-state index contributed by atoms with van der Waals surface area (Å²) in [7, 11) is 0. The van der Waals surface area contributed by atoms with Crippen LogP contribution in [0.15, 0.2) is 42.5 Å². The number of carbonyl (C=O) groups excluding carboxylic acids is 2. The highest BCUT2D eigenvalue weighted by molar-refractivity contribution is 6.33. The van der Waals surface area contributed by atoms with Crippen LogP contribution in [0.5, 0.6) is 0 Å². The number of alkyl halides is 3. The van der Waals surface area contributed by atoms with E-state index in [0.29, 0.717) is 11.6 Å². The van der Waals surface area contributed by atoms with Crippen LogP contribution in [0.1, 0.15) is 28.4 Å². The van der Waals surface area contributed by atoms with Crippen LogP contribution >= 0.6 is 11.6 Å². The molecule has 1 atom stereocenters. The van der Waals surface area contributed by atoms with Crippen molar-refractivity contribution in [2.75, 3.05) is 5.32 Å². The molecule has 0 fully saturated rings. The number of hydrogen-bond donors (Lipinski definition) is 2. The minimum atomic E-state index is -4.59. The first kappa shape index (κ1) is 20.7. The van der Waals surface area contributed by atoms with E-state index in [2.05, 4.69) is 5.32 Å². The molecule has 5 nitrogen and oxygen atoms in total. The van der Waals surface area contributed by atoms with Crippen LogP contribution in [0.4, 0.5) is 18.9 Å². The second-order valence-electron chi connectivity index (χ2n) is 5.58. The number of hydrogen-bond acceptors (Lipinski definition) is 4. The molecule has 2 rings (SSSR count). The van der Waals surface area contributed by atoms with Crippen molar-refractivity contribution < 1.29 is 32.6 Å². The molecule has 0 radical (unpaired) electrons. The number of esters is 1. The second-order valence-corrected chi connectivity index (χ2v) is 5.99. The predicted molar refractivity (Wildman–Crippen MR) is 92.3 cm³/mol. The fourth-order valence-corrected chi connectivity index (χ4v) is 2.22. The van der Waals surface area contributed by atoms with Gasteiger partial charge < -0.3 is 15.2 Å². The molecule has 0 aromatic heterocycles. The lowest BCUT2D eigenvalue weighted by molar-refractivity contribution is -0.137. The van der Waals surface area contributed by atoms with Gasteiger partial charge in [0.05, 0.1) is 28.4 Å². The van der Waals surface area contributed by atoms with Crippen molar-refractivity contribution in [3.8, 4) is 0 Å². The zero-order valence-electron chi connectivity index (χ0n) is 14.0. The minimum Gasteiger partial charge on any atom is -0.449 e. The molecule has 2 aromatic carbocycles. The van der Waals surface area contributed by atoms with Crippen LogP contribution in [-0.4, -0.2) is 23.1 Å². The summed E-state index contributed by atoms with van der Waals surface area (Å²) in [5.41, 5.74) is -0.469. The molecule has 0 saturated heterocycles. The number of ether oxygens (including phenoxy) is 1. The fourth-order valence-electron chi connectivity index (χ4n) is 2.06. The average molecular weight is 402 g/mol.